The van der Waals surface area contributed by atoms with E-state index in [2.05, 4.69) is 134 Å². The molecule has 0 N–H and O–H groups in total. The summed E-state index contributed by atoms with van der Waals surface area (Å²) in [5, 5.41) is 0.705. The summed E-state index contributed by atoms with van der Waals surface area (Å²) in [7, 11) is 0. The van der Waals surface area contributed by atoms with E-state index in [1.165, 1.54) is 0 Å². The van der Waals surface area contributed by atoms with Crippen LogP contribution in [0.15, 0.2) is 42.2 Å². The van der Waals surface area contributed by atoms with Gasteiger partial charge in [0.2, 0.25) is 0 Å². The van der Waals surface area contributed by atoms with E-state index in [4.69, 9.17) is 18.9 Å². The maximum absolute atomic E-state index is 6.13. The molecule has 0 saturated heterocycles. The minimum atomic E-state index is -0.296. The van der Waals surface area contributed by atoms with E-state index < -0.39 is 0 Å². The monoisotopic (exact) mass is 896 g/mol. The lowest BCUT2D eigenvalue weighted by atomic mass is 9.78. The van der Waals surface area contributed by atoms with Gasteiger partial charge in [-0.3, -0.25) is 0 Å². The van der Waals surface area contributed by atoms with E-state index >= 15 is 0 Å². The summed E-state index contributed by atoms with van der Waals surface area (Å²) in [5.41, 5.74) is 1.97. The van der Waals surface area contributed by atoms with Gasteiger partial charge in [0.1, 0.15) is 30.8 Å². The highest BCUT2D eigenvalue weighted by Crippen LogP contribution is 2.44. The van der Waals surface area contributed by atoms with Crippen LogP contribution in [0.2, 0.25) is 0 Å². The summed E-state index contributed by atoms with van der Waals surface area (Å²) in [5.74, 6) is 1.53. The Balaban J connectivity index is 2.22. The van der Waals surface area contributed by atoms with Crippen LogP contribution in [0.3, 0.4) is 0 Å². The molecule has 37 heavy (non-hydrogen) atoms. The Hall–Kier alpha value is 0.840. The predicted octanol–water partition coefficient (Wildman–Crippen LogP) is 10.2. The number of benzene rings is 2. The molecule has 0 saturated carbocycles. The molecule has 0 bridgehead atoms. The van der Waals surface area contributed by atoms with Gasteiger partial charge in [0.15, 0.2) is 0 Å². The van der Waals surface area contributed by atoms with Crippen LogP contribution < -0.4 is 9.47 Å². The molecule has 0 aliphatic heterocycles. The summed E-state index contributed by atoms with van der Waals surface area (Å²) in [6.45, 7) is 14.0. The van der Waals surface area contributed by atoms with E-state index in [0.717, 1.165) is 40.5 Å². The largest absolute Gasteiger partial charge is 0.490 e. The van der Waals surface area contributed by atoms with Crippen LogP contribution in [0.4, 0.5) is 0 Å². The van der Waals surface area contributed by atoms with Crippen molar-refractivity contribution in [2.75, 3.05) is 25.2 Å². The summed E-state index contributed by atoms with van der Waals surface area (Å²) in [6, 6.07) is 8.46. The van der Waals surface area contributed by atoms with E-state index in [9.17, 15) is 0 Å². The fourth-order valence-electron chi connectivity index (χ4n) is 3.48. The van der Waals surface area contributed by atoms with E-state index in [-0.39, 0.29) is 28.6 Å². The predicted molar refractivity (Wildman–Crippen MR) is 174 cm³/mol. The molecule has 2 unspecified atom stereocenters. The van der Waals surface area contributed by atoms with Gasteiger partial charge in [0.25, 0.3) is 0 Å². The molecule has 0 amide bonds. The minimum Gasteiger partial charge on any atom is -0.490 e. The molecule has 0 aliphatic carbocycles. The lowest BCUT2D eigenvalue weighted by Gasteiger charge is -2.29. The van der Waals surface area contributed by atoms with Gasteiger partial charge in [-0.1, -0.05) is 45.7 Å². The Bertz CT molecular complexity index is 982. The third kappa shape index (κ3) is 10.3. The molecule has 2 aromatic rings. The van der Waals surface area contributed by atoms with E-state index in [0.29, 0.717) is 25.2 Å². The van der Waals surface area contributed by atoms with Crippen molar-refractivity contribution < 1.29 is 18.9 Å². The zero-order valence-corrected chi connectivity index (χ0v) is 31.4. The van der Waals surface area contributed by atoms with Gasteiger partial charge in [-0.05, 0) is 127 Å². The second-order valence-corrected chi connectivity index (χ2v) is 15.1. The second-order valence-electron chi connectivity index (χ2n) is 9.73. The Morgan fingerprint density at radius 3 is 1.51 bits per heavy atom. The number of alkyl halides is 2. The van der Waals surface area contributed by atoms with Crippen LogP contribution in [0.5, 0.6) is 11.5 Å². The van der Waals surface area contributed by atoms with Crippen molar-refractivity contribution in [2.45, 2.75) is 70.1 Å². The average molecular weight is 902 g/mol. The smallest absolute Gasteiger partial charge is 0.147 e. The van der Waals surface area contributed by atoms with Gasteiger partial charge in [-0.2, -0.15) is 0 Å². The van der Waals surface area contributed by atoms with Crippen LogP contribution in [0.25, 0.3) is 0 Å². The standard InChI is InChI=1S/C27H34Br6O4/c1-15(2)34-12-19(29)13-35-25-21(30)7-17(8-22(25)31)27(5,6)18-9-23(32)26(24(33)10-18)36-14-20(11-28)37-16(3)4/h7-10,15-16,19-20H,11-14H2,1-6H3. The molecule has 4 nitrogen and oxygen atoms in total. The number of rotatable bonds is 14. The third-order valence-corrected chi connectivity index (χ3v) is 9.12. The Kier molecular flexibility index (Phi) is 14.5. The lowest BCUT2D eigenvalue weighted by molar-refractivity contribution is -0.00317. The van der Waals surface area contributed by atoms with Gasteiger partial charge < -0.3 is 18.9 Å². The fourth-order valence-corrected chi connectivity index (χ4v) is 6.94. The molecule has 0 radical (unpaired) electrons. The maximum Gasteiger partial charge on any atom is 0.147 e. The van der Waals surface area contributed by atoms with E-state index in [1.54, 1.807) is 0 Å². The molecule has 0 aromatic heterocycles. The zero-order valence-electron chi connectivity index (χ0n) is 21.8. The van der Waals surface area contributed by atoms with Crippen molar-refractivity contribution in [3.8, 4) is 11.5 Å². The van der Waals surface area contributed by atoms with Gasteiger partial charge in [-0.25, -0.2) is 0 Å². The Morgan fingerprint density at radius 2 is 1.14 bits per heavy atom. The molecule has 2 rings (SSSR count). The first-order valence-electron chi connectivity index (χ1n) is 12.0. The average Bonchev–Trinajstić information content (AvgIpc) is 2.80. The van der Waals surface area contributed by atoms with Crippen molar-refractivity contribution in [1.29, 1.82) is 0 Å². The van der Waals surface area contributed by atoms with Gasteiger partial charge >= 0.3 is 0 Å². The third-order valence-electron chi connectivity index (χ3n) is 5.51. The van der Waals surface area contributed by atoms with Crippen molar-refractivity contribution in [2.24, 2.45) is 0 Å². The Labute approximate surface area is 272 Å². The number of hydrogen-bond donors (Lipinski definition) is 0. The van der Waals surface area contributed by atoms with Gasteiger partial charge in [-0.15, -0.1) is 0 Å². The van der Waals surface area contributed by atoms with Crippen LogP contribution in [0, 0.1) is 0 Å². The number of halogens is 6. The first-order valence-corrected chi connectivity index (χ1v) is 17.2. The molecular weight excluding hydrogens is 868 g/mol. The van der Waals surface area contributed by atoms with Crippen molar-refractivity contribution in [3.63, 3.8) is 0 Å². The number of ether oxygens (including phenoxy) is 4. The topological polar surface area (TPSA) is 36.9 Å². The quantitative estimate of drug-likeness (QED) is 0.177. The van der Waals surface area contributed by atoms with E-state index in [1.807, 2.05) is 27.7 Å². The molecular formula is C27H34Br6O4. The molecule has 0 fully saturated rings. The minimum absolute atomic E-state index is 0.0343. The summed E-state index contributed by atoms with van der Waals surface area (Å²) >= 11 is 22.0. The van der Waals surface area contributed by atoms with Crippen LogP contribution in [-0.4, -0.2) is 48.3 Å². The highest BCUT2D eigenvalue weighted by atomic mass is 79.9. The SMILES string of the molecule is CC(C)OCC(Br)COc1c(Br)cc(C(C)(C)c2cc(Br)c(OCC(CBr)OC(C)C)c(Br)c2)cc1Br. The van der Waals surface area contributed by atoms with Gasteiger partial charge in [0, 0.05) is 10.7 Å². The fraction of sp³-hybridized carbons (Fsp3) is 0.556. The second kappa shape index (κ2) is 15.7. The normalized spacial score (nSPS) is 13.8. The summed E-state index contributed by atoms with van der Waals surface area (Å²) in [6.07, 6.45) is 0.287. The van der Waals surface area contributed by atoms with Crippen molar-refractivity contribution in [3.05, 3.63) is 53.3 Å². The highest BCUT2D eigenvalue weighted by Gasteiger charge is 2.28. The molecule has 10 heteroatoms. The van der Waals surface area contributed by atoms with Crippen LogP contribution >= 0.6 is 95.6 Å². The maximum atomic E-state index is 6.13. The van der Waals surface area contributed by atoms with Crippen molar-refractivity contribution in [1.82, 2.24) is 0 Å². The number of hydrogen-bond acceptors (Lipinski definition) is 4. The Morgan fingerprint density at radius 1 is 0.703 bits per heavy atom. The van der Waals surface area contributed by atoms with Gasteiger partial charge in [0.05, 0.1) is 41.5 Å². The first kappa shape index (κ1) is 34.0. The zero-order chi connectivity index (χ0) is 27.9. The molecule has 0 spiro atoms. The van der Waals surface area contributed by atoms with Crippen LogP contribution in [0.1, 0.15) is 52.7 Å². The summed E-state index contributed by atoms with van der Waals surface area (Å²) in [4.78, 5) is 0.0991. The molecule has 0 heterocycles. The molecule has 208 valence electrons. The molecule has 0 aliphatic rings. The highest BCUT2D eigenvalue weighted by molar-refractivity contribution is 9.11. The van der Waals surface area contributed by atoms with Crippen molar-refractivity contribution >= 4 is 95.6 Å². The first-order chi connectivity index (χ1) is 17.3. The molecule has 2 aromatic carbocycles. The van der Waals surface area contributed by atoms with Crippen LogP contribution in [-0.2, 0) is 14.9 Å². The molecule has 2 atom stereocenters. The summed E-state index contributed by atoms with van der Waals surface area (Å²) < 4.78 is 27.3. The lowest BCUT2D eigenvalue weighted by Crippen LogP contribution is -2.26.